The molecule has 0 aromatic rings. The Labute approximate surface area is 114 Å². The molecule has 6 nitrogen and oxygen atoms in total. The van der Waals surface area contributed by atoms with Crippen molar-refractivity contribution in [1.29, 1.82) is 0 Å². The van der Waals surface area contributed by atoms with Crippen LogP contribution >= 0.6 is 0 Å². The van der Waals surface area contributed by atoms with Crippen molar-refractivity contribution >= 4 is 0 Å². The van der Waals surface area contributed by atoms with Crippen molar-refractivity contribution < 1.29 is 29.9 Å². The van der Waals surface area contributed by atoms with Gasteiger partial charge in [-0.3, -0.25) is 0 Å². The Morgan fingerprint density at radius 2 is 1.63 bits per heavy atom. The van der Waals surface area contributed by atoms with Gasteiger partial charge in [-0.15, -0.1) is 0 Å². The molecular weight excluding hydrogens is 252 g/mol. The Balaban J connectivity index is 2.28. The van der Waals surface area contributed by atoms with Crippen molar-refractivity contribution in [3.8, 4) is 0 Å². The Kier molecular flexibility index (Phi) is 7.82. The fourth-order valence-corrected chi connectivity index (χ4v) is 2.11. The van der Waals surface area contributed by atoms with Gasteiger partial charge in [0.25, 0.3) is 0 Å². The molecule has 19 heavy (non-hydrogen) atoms. The lowest BCUT2D eigenvalue weighted by molar-refractivity contribution is -0.301. The van der Waals surface area contributed by atoms with Gasteiger partial charge in [0, 0.05) is 6.61 Å². The normalized spacial score (nSPS) is 35.5. The minimum atomic E-state index is -1.36. The standard InChI is InChI=1S/C13H26O6/c1-2-3-4-5-6-7-18-13-12(17)11(16)10(15)9(8-14)19-13/h9-17H,2-8H2,1H3/t9-,10+,11+,12-,13?/m1/s1. The van der Waals surface area contributed by atoms with Gasteiger partial charge in [0.1, 0.15) is 24.4 Å². The van der Waals surface area contributed by atoms with Gasteiger partial charge in [-0.25, -0.2) is 0 Å². The summed E-state index contributed by atoms with van der Waals surface area (Å²) >= 11 is 0. The zero-order valence-electron chi connectivity index (χ0n) is 11.4. The molecule has 6 heteroatoms. The molecule has 1 aliphatic rings. The minimum absolute atomic E-state index is 0.423. The lowest BCUT2D eigenvalue weighted by Crippen LogP contribution is -2.59. The number of ether oxygens (including phenoxy) is 2. The largest absolute Gasteiger partial charge is 0.394 e. The molecule has 1 aliphatic heterocycles. The number of unbranched alkanes of at least 4 members (excludes halogenated alkanes) is 4. The summed E-state index contributed by atoms with van der Waals surface area (Å²) in [5.74, 6) is 0. The van der Waals surface area contributed by atoms with Gasteiger partial charge in [-0.1, -0.05) is 32.6 Å². The third kappa shape index (κ3) is 4.98. The number of hydrogen-bond acceptors (Lipinski definition) is 6. The molecule has 0 aliphatic carbocycles. The molecule has 0 amide bonds. The highest BCUT2D eigenvalue weighted by Gasteiger charge is 2.43. The van der Waals surface area contributed by atoms with Crippen LogP contribution in [0.25, 0.3) is 0 Å². The Morgan fingerprint density at radius 1 is 0.947 bits per heavy atom. The van der Waals surface area contributed by atoms with Crippen LogP contribution < -0.4 is 0 Å². The Bertz CT molecular complexity index is 235. The highest BCUT2D eigenvalue weighted by molar-refractivity contribution is 4.88. The lowest BCUT2D eigenvalue weighted by Gasteiger charge is -2.39. The van der Waals surface area contributed by atoms with E-state index in [-0.39, 0.29) is 0 Å². The Hall–Kier alpha value is -0.240. The van der Waals surface area contributed by atoms with E-state index in [1.54, 1.807) is 0 Å². The molecule has 1 heterocycles. The van der Waals surface area contributed by atoms with E-state index in [0.717, 1.165) is 19.3 Å². The first-order valence-electron chi connectivity index (χ1n) is 7.04. The molecule has 4 N–H and O–H groups in total. The van der Waals surface area contributed by atoms with Crippen LogP contribution in [0.2, 0.25) is 0 Å². The summed E-state index contributed by atoms with van der Waals surface area (Å²) in [6, 6.07) is 0. The van der Waals surface area contributed by atoms with Crippen molar-refractivity contribution in [3.63, 3.8) is 0 Å². The van der Waals surface area contributed by atoms with Crippen LogP contribution in [0.4, 0.5) is 0 Å². The maximum Gasteiger partial charge on any atom is 0.186 e. The quantitative estimate of drug-likeness (QED) is 0.458. The maximum atomic E-state index is 9.72. The molecule has 0 aromatic carbocycles. The zero-order chi connectivity index (χ0) is 14.3. The summed E-state index contributed by atoms with van der Waals surface area (Å²) in [7, 11) is 0. The molecule has 114 valence electrons. The third-order valence-electron chi connectivity index (χ3n) is 3.38. The summed E-state index contributed by atoms with van der Waals surface area (Å²) in [6.07, 6.45) is -0.471. The predicted octanol–water partition coefficient (Wildman–Crippen LogP) is -0.227. The molecule has 0 saturated carbocycles. The van der Waals surface area contributed by atoms with Crippen LogP contribution in [0.15, 0.2) is 0 Å². The molecule has 0 radical (unpaired) electrons. The van der Waals surface area contributed by atoms with E-state index in [0.29, 0.717) is 6.61 Å². The first-order chi connectivity index (χ1) is 9.11. The van der Waals surface area contributed by atoms with Gasteiger partial charge < -0.3 is 29.9 Å². The van der Waals surface area contributed by atoms with E-state index in [2.05, 4.69) is 6.92 Å². The predicted molar refractivity (Wildman–Crippen MR) is 68.5 cm³/mol. The zero-order valence-corrected chi connectivity index (χ0v) is 11.4. The average Bonchev–Trinajstić information content (AvgIpc) is 2.42. The topological polar surface area (TPSA) is 99.4 Å². The van der Waals surface area contributed by atoms with Gasteiger partial charge in [-0.05, 0) is 6.42 Å². The van der Waals surface area contributed by atoms with Crippen LogP contribution in [-0.2, 0) is 9.47 Å². The van der Waals surface area contributed by atoms with Crippen molar-refractivity contribution in [1.82, 2.24) is 0 Å². The van der Waals surface area contributed by atoms with Crippen LogP contribution in [0, 0.1) is 0 Å². The first kappa shape index (κ1) is 16.8. The van der Waals surface area contributed by atoms with Crippen LogP contribution in [-0.4, -0.2) is 64.3 Å². The van der Waals surface area contributed by atoms with Crippen molar-refractivity contribution in [3.05, 3.63) is 0 Å². The summed E-state index contributed by atoms with van der Waals surface area (Å²) in [6.45, 7) is 2.14. The molecule has 1 rings (SSSR count). The van der Waals surface area contributed by atoms with Gasteiger partial charge in [0.05, 0.1) is 6.61 Å². The van der Waals surface area contributed by atoms with Gasteiger partial charge in [-0.2, -0.15) is 0 Å². The average molecular weight is 278 g/mol. The monoisotopic (exact) mass is 278 g/mol. The lowest BCUT2D eigenvalue weighted by atomic mass is 9.99. The minimum Gasteiger partial charge on any atom is -0.394 e. The van der Waals surface area contributed by atoms with Gasteiger partial charge in [0.2, 0.25) is 0 Å². The second-order valence-corrected chi connectivity index (χ2v) is 4.98. The fourth-order valence-electron chi connectivity index (χ4n) is 2.11. The summed E-state index contributed by atoms with van der Waals surface area (Å²) in [5, 5.41) is 37.9. The van der Waals surface area contributed by atoms with Crippen molar-refractivity contribution in [2.24, 2.45) is 0 Å². The summed E-state index contributed by atoms with van der Waals surface area (Å²) < 4.78 is 10.6. The fraction of sp³-hybridized carbons (Fsp3) is 1.00. The number of aliphatic hydroxyl groups is 4. The third-order valence-corrected chi connectivity index (χ3v) is 3.38. The van der Waals surface area contributed by atoms with E-state index in [1.165, 1.54) is 12.8 Å². The second kappa shape index (κ2) is 8.84. The number of aliphatic hydroxyl groups excluding tert-OH is 4. The van der Waals surface area contributed by atoms with Gasteiger partial charge >= 0.3 is 0 Å². The smallest absolute Gasteiger partial charge is 0.186 e. The van der Waals surface area contributed by atoms with E-state index in [9.17, 15) is 15.3 Å². The molecule has 1 fully saturated rings. The highest BCUT2D eigenvalue weighted by atomic mass is 16.7. The van der Waals surface area contributed by atoms with E-state index in [4.69, 9.17) is 14.6 Å². The van der Waals surface area contributed by atoms with Crippen molar-refractivity contribution in [2.45, 2.75) is 69.7 Å². The molecule has 0 aromatic heterocycles. The molecule has 1 unspecified atom stereocenters. The summed E-state index contributed by atoms with van der Waals surface area (Å²) in [4.78, 5) is 0. The molecular formula is C13H26O6. The molecule has 1 saturated heterocycles. The maximum absolute atomic E-state index is 9.72. The van der Waals surface area contributed by atoms with Crippen LogP contribution in [0.1, 0.15) is 39.0 Å². The van der Waals surface area contributed by atoms with Crippen molar-refractivity contribution in [2.75, 3.05) is 13.2 Å². The molecule has 5 atom stereocenters. The van der Waals surface area contributed by atoms with E-state index in [1.807, 2.05) is 0 Å². The second-order valence-electron chi connectivity index (χ2n) is 4.98. The SMILES string of the molecule is CCCCCCCOC1O[C@H](CO)[C@H](O)[C@H](O)[C@H]1O. The Morgan fingerprint density at radius 3 is 2.26 bits per heavy atom. The molecule has 0 spiro atoms. The van der Waals surface area contributed by atoms with Gasteiger partial charge in [0.15, 0.2) is 6.29 Å². The van der Waals surface area contributed by atoms with Crippen LogP contribution in [0.5, 0.6) is 0 Å². The number of hydrogen-bond donors (Lipinski definition) is 4. The summed E-state index contributed by atoms with van der Waals surface area (Å²) in [5.41, 5.74) is 0. The highest BCUT2D eigenvalue weighted by Crippen LogP contribution is 2.22. The van der Waals surface area contributed by atoms with E-state index >= 15 is 0 Å². The number of rotatable bonds is 8. The first-order valence-corrected chi connectivity index (χ1v) is 7.04. The molecule has 0 bridgehead atoms. The van der Waals surface area contributed by atoms with Crippen LogP contribution in [0.3, 0.4) is 0 Å². The van der Waals surface area contributed by atoms with E-state index < -0.39 is 37.3 Å².